The Bertz CT molecular complexity index is 389. The van der Waals surface area contributed by atoms with E-state index in [1.807, 2.05) is 0 Å². The van der Waals surface area contributed by atoms with Crippen LogP contribution < -0.4 is 10.8 Å². The van der Waals surface area contributed by atoms with Gasteiger partial charge in [0.25, 0.3) is 11.8 Å². The van der Waals surface area contributed by atoms with Gasteiger partial charge in [-0.15, -0.1) is 0 Å². The Hall–Kier alpha value is -1.28. The van der Waals surface area contributed by atoms with Crippen LogP contribution in [-0.2, 0) is 0 Å². The molecule has 1 aromatic rings. The van der Waals surface area contributed by atoms with Crippen molar-refractivity contribution < 1.29 is 9.59 Å². The van der Waals surface area contributed by atoms with Gasteiger partial charge in [0, 0.05) is 6.20 Å². The topological polar surface area (TPSA) is 59.1 Å². The van der Waals surface area contributed by atoms with Crippen LogP contribution >= 0.6 is 9.24 Å². The number of amides is 2. The molecule has 1 aliphatic heterocycles. The molecule has 0 bridgehead atoms. The summed E-state index contributed by atoms with van der Waals surface area (Å²) >= 11 is 0. The SMILES string of the molecule is O=C1NC(=O)c2c1ccnc2P. The third-order valence-corrected chi connectivity index (χ3v) is 2.12. The van der Waals surface area contributed by atoms with Gasteiger partial charge in [-0.25, -0.2) is 0 Å². The number of carbonyl (C=O) groups excluding carboxylic acids is 2. The molecule has 2 rings (SSSR count). The van der Waals surface area contributed by atoms with Crippen LogP contribution in [0.15, 0.2) is 12.3 Å². The molecule has 1 unspecified atom stereocenters. The molecule has 2 heterocycles. The molecule has 0 saturated carbocycles. The van der Waals surface area contributed by atoms with Crippen molar-refractivity contribution in [2.45, 2.75) is 0 Å². The quantitative estimate of drug-likeness (QED) is 0.431. The van der Waals surface area contributed by atoms with Gasteiger partial charge in [0.2, 0.25) is 0 Å². The molecule has 0 spiro atoms. The number of aromatic nitrogens is 1. The number of imide groups is 1. The first-order valence-electron chi connectivity index (χ1n) is 3.30. The lowest BCUT2D eigenvalue weighted by atomic mass is 10.2. The molecule has 12 heavy (non-hydrogen) atoms. The molecule has 4 nitrogen and oxygen atoms in total. The van der Waals surface area contributed by atoms with Gasteiger partial charge in [-0.05, 0) is 6.07 Å². The molecule has 0 fully saturated rings. The van der Waals surface area contributed by atoms with E-state index in [2.05, 4.69) is 19.5 Å². The molecule has 0 saturated heterocycles. The van der Waals surface area contributed by atoms with E-state index in [4.69, 9.17) is 0 Å². The number of nitrogens with zero attached hydrogens (tertiary/aromatic N) is 1. The monoisotopic (exact) mass is 180 g/mol. The molecule has 1 atom stereocenters. The number of hydrogen-bond acceptors (Lipinski definition) is 3. The maximum atomic E-state index is 11.1. The van der Waals surface area contributed by atoms with Crippen LogP contribution in [0.1, 0.15) is 20.7 Å². The predicted octanol–water partition coefficient (Wildman–Crippen LogP) is -0.534. The first kappa shape index (κ1) is 7.37. The summed E-state index contributed by atoms with van der Waals surface area (Å²) in [5.41, 5.74) is 1.28. The molecule has 2 amide bonds. The first-order valence-corrected chi connectivity index (χ1v) is 3.88. The third-order valence-electron chi connectivity index (χ3n) is 1.68. The zero-order valence-corrected chi connectivity index (χ0v) is 7.15. The van der Waals surface area contributed by atoms with E-state index in [0.717, 1.165) is 0 Å². The summed E-state index contributed by atoms with van der Waals surface area (Å²) in [7, 11) is 2.32. The van der Waals surface area contributed by atoms with Crippen LogP contribution in [0.25, 0.3) is 0 Å². The van der Waals surface area contributed by atoms with Gasteiger partial charge in [-0.1, -0.05) is 9.24 Å². The maximum Gasteiger partial charge on any atom is 0.261 e. The van der Waals surface area contributed by atoms with Crippen molar-refractivity contribution in [2.75, 3.05) is 0 Å². The van der Waals surface area contributed by atoms with E-state index < -0.39 is 0 Å². The smallest absolute Gasteiger partial charge is 0.261 e. The van der Waals surface area contributed by atoms with E-state index >= 15 is 0 Å². The fourth-order valence-corrected chi connectivity index (χ4v) is 1.51. The molecule has 0 aliphatic carbocycles. The number of rotatable bonds is 0. The second-order valence-corrected chi connectivity index (χ2v) is 2.95. The Labute approximate surface area is 70.6 Å². The maximum absolute atomic E-state index is 11.1. The number of nitrogens with one attached hydrogen (secondary N) is 1. The Morgan fingerprint density at radius 2 is 2.08 bits per heavy atom. The summed E-state index contributed by atoms with van der Waals surface area (Å²) < 4.78 is 0. The molecule has 60 valence electrons. The van der Waals surface area contributed by atoms with Crippen molar-refractivity contribution >= 4 is 26.5 Å². The van der Waals surface area contributed by atoms with Gasteiger partial charge in [0.1, 0.15) is 0 Å². The van der Waals surface area contributed by atoms with Crippen molar-refractivity contribution in [3.63, 3.8) is 0 Å². The first-order chi connectivity index (χ1) is 5.70. The highest BCUT2D eigenvalue weighted by atomic mass is 31.0. The molecule has 5 heteroatoms. The average molecular weight is 180 g/mol. The molecule has 1 aromatic heterocycles. The Morgan fingerprint density at radius 1 is 1.33 bits per heavy atom. The van der Waals surface area contributed by atoms with Crippen LogP contribution in [0.5, 0.6) is 0 Å². The van der Waals surface area contributed by atoms with Crippen LogP contribution in [0.3, 0.4) is 0 Å². The lowest BCUT2D eigenvalue weighted by Gasteiger charge is -1.95. The predicted molar refractivity (Wildman–Crippen MR) is 45.4 cm³/mol. The fourth-order valence-electron chi connectivity index (χ4n) is 1.14. The van der Waals surface area contributed by atoms with E-state index in [1.165, 1.54) is 12.3 Å². The van der Waals surface area contributed by atoms with Crippen molar-refractivity contribution in [1.82, 2.24) is 10.3 Å². The zero-order chi connectivity index (χ0) is 8.72. The molecule has 1 aliphatic rings. The standard InChI is InChI=1S/C7H5N2O2P/c10-5-3-1-2-8-7(12)4(3)6(11)9-5/h1-2H,12H2,(H,9,10,11). The lowest BCUT2D eigenvalue weighted by molar-refractivity contribution is 0.0880. The number of carbonyl (C=O) groups is 2. The van der Waals surface area contributed by atoms with Gasteiger partial charge in [-0.3, -0.25) is 19.9 Å². The summed E-state index contributed by atoms with van der Waals surface area (Å²) in [4.78, 5) is 26.1. The van der Waals surface area contributed by atoms with Gasteiger partial charge < -0.3 is 0 Å². The lowest BCUT2D eigenvalue weighted by Crippen LogP contribution is -2.21. The second kappa shape index (κ2) is 2.35. The average Bonchev–Trinajstić information content (AvgIpc) is 2.29. The summed E-state index contributed by atoms with van der Waals surface area (Å²) in [5, 5.41) is 2.19. The highest BCUT2D eigenvalue weighted by molar-refractivity contribution is 7.27. The van der Waals surface area contributed by atoms with Gasteiger partial charge in [-0.2, -0.15) is 0 Å². The van der Waals surface area contributed by atoms with Crippen molar-refractivity contribution in [1.29, 1.82) is 0 Å². The van der Waals surface area contributed by atoms with Gasteiger partial charge in [0.05, 0.1) is 16.6 Å². The van der Waals surface area contributed by atoms with Crippen molar-refractivity contribution in [3.8, 4) is 0 Å². The van der Waals surface area contributed by atoms with Crippen LogP contribution in [-0.4, -0.2) is 16.8 Å². The third kappa shape index (κ3) is 0.850. The van der Waals surface area contributed by atoms with Gasteiger partial charge >= 0.3 is 0 Å². The normalized spacial score (nSPS) is 14.4. The van der Waals surface area contributed by atoms with E-state index in [1.54, 1.807) is 0 Å². The Kier molecular flexibility index (Phi) is 1.45. The highest BCUT2D eigenvalue weighted by Crippen LogP contribution is 2.12. The van der Waals surface area contributed by atoms with Crippen LogP contribution in [0.4, 0.5) is 0 Å². The number of hydrogen-bond donors (Lipinski definition) is 1. The van der Waals surface area contributed by atoms with Crippen molar-refractivity contribution in [2.24, 2.45) is 0 Å². The zero-order valence-electron chi connectivity index (χ0n) is 6.00. The Morgan fingerprint density at radius 3 is 2.75 bits per heavy atom. The summed E-state index contributed by atoms with van der Waals surface area (Å²) in [6.45, 7) is 0. The molecular weight excluding hydrogens is 175 g/mol. The van der Waals surface area contributed by atoms with Crippen LogP contribution in [0, 0.1) is 0 Å². The van der Waals surface area contributed by atoms with E-state index in [0.29, 0.717) is 16.6 Å². The molecular formula is C7H5N2O2P. The number of fused-ring (bicyclic) bond motifs is 1. The molecule has 0 radical (unpaired) electrons. The molecule has 0 aromatic carbocycles. The minimum Gasteiger partial charge on any atom is -0.288 e. The summed E-state index contributed by atoms with van der Waals surface area (Å²) in [6.07, 6.45) is 1.50. The van der Waals surface area contributed by atoms with Crippen molar-refractivity contribution in [3.05, 3.63) is 23.4 Å². The van der Waals surface area contributed by atoms with Crippen LogP contribution in [0.2, 0.25) is 0 Å². The van der Waals surface area contributed by atoms with E-state index in [9.17, 15) is 9.59 Å². The van der Waals surface area contributed by atoms with E-state index in [-0.39, 0.29) is 11.8 Å². The minimum atomic E-state index is -0.367. The largest absolute Gasteiger partial charge is 0.288 e. The second-order valence-electron chi connectivity index (χ2n) is 2.40. The van der Waals surface area contributed by atoms with Gasteiger partial charge in [0.15, 0.2) is 0 Å². The highest BCUT2D eigenvalue weighted by Gasteiger charge is 2.28. The number of pyridine rings is 1. The minimum absolute atomic E-state index is 0.346. The fraction of sp³-hybridized carbons (Fsp3) is 0. The summed E-state index contributed by atoms with van der Waals surface area (Å²) in [5.74, 6) is -0.714. The Balaban J connectivity index is 2.75. The summed E-state index contributed by atoms with van der Waals surface area (Å²) in [6, 6.07) is 1.53. The molecule has 1 N–H and O–H groups in total.